The van der Waals surface area contributed by atoms with Crippen molar-refractivity contribution in [3.8, 4) is 0 Å². The molecular formula is C38H42N2O5S2. The van der Waals surface area contributed by atoms with Gasteiger partial charge < -0.3 is 4.74 Å². The molecule has 0 N–H and O–H groups in total. The van der Waals surface area contributed by atoms with E-state index >= 15 is 0 Å². The first-order chi connectivity index (χ1) is 22.5. The van der Waals surface area contributed by atoms with Crippen LogP contribution in [0.4, 0.5) is 0 Å². The third kappa shape index (κ3) is 6.42. The second-order valence-electron chi connectivity index (χ2n) is 12.4. The zero-order valence-electron chi connectivity index (χ0n) is 27.3. The number of hydrogen-bond donors (Lipinski definition) is 0. The van der Waals surface area contributed by atoms with Crippen molar-refractivity contribution in [1.29, 1.82) is 0 Å². The summed E-state index contributed by atoms with van der Waals surface area (Å²) in [5.41, 5.74) is 5.44. The van der Waals surface area contributed by atoms with Gasteiger partial charge in [0.15, 0.2) is 0 Å². The number of piperidine rings is 1. The van der Waals surface area contributed by atoms with Crippen molar-refractivity contribution >= 4 is 20.0 Å². The molecule has 1 saturated heterocycles. The van der Waals surface area contributed by atoms with E-state index < -0.39 is 38.2 Å². The Kier molecular flexibility index (Phi) is 9.45. The molecule has 0 radical (unpaired) electrons. The SMILES string of the molecule is CCOC1=C2CN(S(=O)(=O)c3ccc(C)cc3)C(c3ccc(CC)cc3)CC2N(S(=O)(=O)c2ccc(C)cc2)C(c2ccccc2)C1. The quantitative estimate of drug-likeness (QED) is 0.184. The number of aryl methyl sites for hydroxylation is 3. The molecule has 2 aliphatic rings. The van der Waals surface area contributed by atoms with Gasteiger partial charge in [-0.05, 0) is 74.6 Å². The third-order valence-corrected chi connectivity index (χ3v) is 13.2. The summed E-state index contributed by atoms with van der Waals surface area (Å²) >= 11 is 0. The molecule has 1 fully saturated rings. The fraction of sp³-hybridized carbons (Fsp3) is 0.316. The molecular weight excluding hydrogens is 629 g/mol. The zero-order chi connectivity index (χ0) is 33.3. The number of fused-ring (bicyclic) bond motifs is 1. The lowest BCUT2D eigenvalue weighted by molar-refractivity contribution is 0.118. The van der Waals surface area contributed by atoms with Crippen LogP contribution in [0, 0.1) is 13.8 Å². The van der Waals surface area contributed by atoms with Gasteiger partial charge in [0, 0.05) is 18.5 Å². The molecule has 0 aromatic heterocycles. The molecule has 246 valence electrons. The molecule has 9 heteroatoms. The first-order valence-electron chi connectivity index (χ1n) is 16.2. The van der Waals surface area contributed by atoms with E-state index in [2.05, 4.69) is 6.92 Å². The summed E-state index contributed by atoms with van der Waals surface area (Å²) in [6, 6.07) is 29.7. The van der Waals surface area contributed by atoms with Gasteiger partial charge in [-0.25, -0.2) is 16.8 Å². The van der Waals surface area contributed by atoms with Gasteiger partial charge in [0.2, 0.25) is 20.0 Å². The highest BCUT2D eigenvalue weighted by Gasteiger charge is 2.51. The van der Waals surface area contributed by atoms with E-state index in [-0.39, 0.29) is 22.8 Å². The van der Waals surface area contributed by atoms with Crippen LogP contribution in [0.2, 0.25) is 0 Å². The molecule has 2 heterocycles. The van der Waals surface area contributed by atoms with Gasteiger partial charge in [-0.1, -0.05) is 96.9 Å². The van der Waals surface area contributed by atoms with Crippen molar-refractivity contribution in [3.63, 3.8) is 0 Å². The van der Waals surface area contributed by atoms with Gasteiger partial charge in [0.1, 0.15) is 0 Å². The summed E-state index contributed by atoms with van der Waals surface area (Å²) in [4.78, 5) is 0.416. The maximum absolute atomic E-state index is 14.8. The monoisotopic (exact) mass is 670 g/mol. The van der Waals surface area contributed by atoms with E-state index in [1.165, 1.54) is 0 Å². The van der Waals surface area contributed by atoms with Gasteiger partial charge in [-0.15, -0.1) is 0 Å². The number of hydrogen-bond acceptors (Lipinski definition) is 5. The fourth-order valence-corrected chi connectivity index (χ4v) is 10.2. The summed E-state index contributed by atoms with van der Waals surface area (Å²) in [5, 5.41) is 0. The normalized spacial score (nSPS) is 21.0. The van der Waals surface area contributed by atoms with Crippen LogP contribution in [0.1, 0.15) is 66.6 Å². The predicted octanol–water partition coefficient (Wildman–Crippen LogP) is 7.50. The second kappa shape index (κ2) is 13.4. The lowest BCUT2D eigenvalue weighted by Gasteiger charge is -2.49. The highest BCUT2D eigenvalue weighted by molar-refractivity contribution is 7.89. The Morgan fingerprint density at radius 3 is 1.77 bits per heavy atom. The standard InChI is InChI=1S/C38H42N2O5S2/c1-5-29-16-18-31(19-17-29)35-24-37-34(26-39(35)46(41,42)32-20-12-27(3)13-21-32)38(45-6-2)25-36(30-10-8-7-9-11-30)40(37)47(43,44)33-22-14-28(4)15-23-33/h7-23,35-37H,5-6,24-26H2,1-4H3. The van der Waals surface area contributed by atoms with Gasteiger partial charge in [-0.2, -0.15) is 8.61 Å². The molecule has 0 saturated carbocycles. The number of ether oxygens (including phenoxy) is 1. The summed E-state index contributed by atoms with van der Waals surface area (Å²) in [5.74, 6) is 0.658. The van der Waals surface area contributed by atoms with E-state index in [0.717, 1.165) is 34.2 Å². The average Bonchev–Trinajstić information content (AvgIpc) is 3.08. The smallest absolute Gasteiger partial charge is 0.244 e. The molecule has 47 heavy (non-hydrogen) atoms. The van der Waals surface area contributed by atoms with Gasteiger partial charge in [0.25, 0.3) is 0 Å². The summed E-state index contributed by atoms with van der Waals surface area (Å²) in [7, 11) is -8.02. The molecule has 6 rings (SSSR count). The van der Waals surface area contributed by atoms with Crippen molar-refractivity contribution < 1.29 is 21.6 Å². The Balaban J connectivity index is 1.56. The Morgan fingerprint density at radius 2 is 1.21 bits per heavy atom. The highest BCUT2D eigenvalue weighted by atomic mass is 32.2. The molecule has 0 aliphatic carbocycles. The van der Waals surface area contributed by atoms with Crippen LogP contribution >= 0.6 is 0 Å². The van der Waals surface area contributed by atoms with Crippen LogP contribution in [0.5, 0.6) is 0 Å². The maximum atomic E-state index is 14.8. The second-order valence-corrected chi connectivity index (χ2v) is 16.1. The van der Waals surface area contributed by atoms with Crippen LogP contribution in [0.25, 0.3) is 0 Å². The van der Waals surface area contributed by atoms with E-state index in [4.69, 9.17) is 4.74 Å². The largest absolute Gasteiger partial charge is 0.498 e. The van der Waals surface area contributed by atoms with E-state index in [1.807, 2.05) is 87.5 Å². The molecule has 4 aromatic rings. The molecule has 0 spiro atoms. The van der Waals surface area contributed by atoms with Gasteiger partial charge >= 0.3 is 0 Å². The molecule has 7 nitrogen and oxygen atoms in total. The Labute approximate surface area is 279 Å². The third-order valence-electron chi connectivity index (χ3n) is 9.37. The molecule has 3 unspecified atom stereocenters. The van der Waals surface area contributed by atoms with Crippen LogP contribution in [0.15, 0.2) is 124 Å². The maximum Gasteiger partial charge on any atom is 0.244 e. The molecule has 2 aliphatic heterocycles. The van der Waals surface area contributed by atoms with Crippen molar-refractivity contribution in [1.82, 2.24) is 8.61 Å². The van der Waals surface area contributed by atoms with Crippen LogP contribution in [-0.2, 0) is 31.2 Å². The van der Waals surface area contributed by atoms with Crippen molar-refractivity contribution in [2.24, 2.45) is 0 Å². The van der Waals surface area contributed by atoms with Crippen LogP contribution in [-0.4, -0.2) is 44.6 Å². The van der Waals surface area contributed by atoms with Crippen molar-refractivity contribution in [3.05, 3.63) is 142 Å². The van der Waals surface area contributed by atoms with E-state index in [0.29, 0.717) is 24.4 Å². The Bertz CT molecular complexity index is 1960. The minimum Gasteiger partial charge on any atom is -0.498 e. The first kappa shape index (κ1) is 33.2. The number of sulfonamides is 2. The van der Waals surface area contributed by atoms with E-state index in [9.17, 15) is 16.8 Å². The lowest BCUT2D eigenvalue weighted by atomic mass is 9.84. The Hall–Kier alpha value is -3.76. The first-order valence-corrected chi connectivity index (χ1v) is 19.1. The fourth-order valence-electron chi connectivity index (χ4n) is 6.81. The average molecular weight is 671 g/mol. The summed E-state index contributed by atoms with van der Waals surface area (Å²) < 4.78 is 68.0. The number of rotatable bonds is 9. The zero-order valence-corrected chi connectivity index (χ0v) is 29.0. The van der Waals surface area contributed by atoms with Crippen LogP contribution in [0.3, 0.4) is 0 Å². The predicted molar refractivity (Wildman–Crippen MR) is 185 cm³/mol. The molecule has 4 aromatic carbocycles. The molecule has 3 atom stereocenters. The highest BCUT2D eigenvalue weighted by Crippen LogP contribution is 2.49. The summed E-state index contributed by atoms with van der Waals surface area (Å²) in [6.45, 7) is 8.22. The Morgan fingerprint density at radius 1 is 0.660 bits per heavy atom. The topological polar surface area (TPSA) is 84.0 Å². The van der Waals surface area contributed by atoms with E-state index in [1.54, 1.807) is 45.0 Å². The number of nitrogens with zero attached hydrogens (tertiary/aromatic N) is 2. The molecule has 0 amide bonds. The van der Waals surface area contributed by atoms with Crippen molar-refractivity contribution in [2.45, 2.75) is 74.9 Å². The summed E-state index contributed by atoms with van der Waals surface area (Å²) in [6.07, 6.45) is 1.38. The van der Waals surface area contributed by atoms with Gasteiger partial charge in [0.05, 0.1) is 40.3 Å². The lowest BCUT2D eigenvalue weighted by Crippen LogP contribution is -2.54. The minimum atomic E-state index is -4.04. The van der Waals surface area contributed by atoms with Gasteiger partial charge in [-0.3, -0.25) is 0 Å². The minimum absolute atomic E-state index is 0.0117. The number of benzene rings is 4. The van der Waals surface area contributed by atoms with Crippen LogP contribution < -0.4 is 0 Å². The molecule has 0 bridgehead atoms. The van der Waals surface area contributed by atoms with Crippen molar-refractivity contribution in [2.75, 3.05) is 13.2 Å².